The lowest BCUT2D eigenvalue weighted by atomic mass is 10.1. The number of ether oxygens (including phenoxy) is 1. The van der Waals surface area contributed by atoms with Gasteiger partial charge in [-0.25, -0.2) is 4.79 Å². The molecular formula is C29H33N3O4. The van der Waals surface area contributed by atoms with Crippen molar-refractivity contribution in [3.8, 4) is 11.5 Å². The van der Waals surface area contributed by atoms with Gasteiger partial charge in [-0.15, -0.1) is 0 Å². The quantitative estimate of drug-likeness (QED) is 0.437. The van der Waals surface area contributed by atoms with Crippen molar-refractivity contribution in [1.29, 1.82) is 0 Å². The Bertz CT molecular complexity index is 1130. The number of benzene rings is 3. The molecule has 7 nitrogen and oxygen atoms in total. The van der Waals surface area contributed by atoms with Crippen LogP contribution in [-0.2, 0) is 11.3 Å². The number of likely N-dealkylation sites (tertiary alicyclic amines) is 1. The van der Waals surface area contributed by atoms with Gasteiger partial charge in [-0.3, -0.25) is 14.6 Å². The maximum atomic E-state index is 12.7. The summed E-state index contributed by atoms with van der Waals surface area (Å²) < 4.78 is 5.81. The minimum atomic E-state index is -0.906. The number of amides is 1. The number of aromatic carboxylic acids is 1. The normalized spacial score (nSPS) is 16.3. The maximum absolute atomic E-state index is 12.7. The Hall–Kier alpha value is -3.68. The highest BCUT2D eigenvalue weighted by Gasteiger charge is 2.22. The minimum absolute atomic E-state index is 0.0166. The molecule has 1 saturated heterocycles. The zero-order valence-electron chi connectivity index (χ0n) is 20.6. The molecule has 3 aromatic carbocycles. The smallest absolute Gasteiger partial charge is 0.335 e. The third kappa shape index (κ3) is 7.41. The first-order valence-electron chi connectivity index (χ1n) is 12.3. The molecule has 0 aromatic heterocycles. The maximum Gasteiger partial charge on any atom is 0.335 e. The first kappa shape index (κ1) is 25.4. The van der Waals surface area contributed by atoms with Crippen molar-refractivity contribution < 1.29 is 19.4 Å². The summed E-state index contributed by atoms with van der Waals surface area (Å²) in [5, 5.41) is 12.1. The van der Waals surface area contributed by atoms with Crippen LogP contribution in [-0.4, -0.2) is 59.5 Å². The molecule has 3 aromatic rings. The Morgan fingerprint density at radius 2 is 1.64 bits per heavy atom. The lowest BCUT2D eigenvalue weighted by Gasteiger charge is -2.27. The van der Waals surface area contributed by atoms with Gasteiger partial charge in [-0.2, -0.15) is 0 Å². The summed E-state index contributed by atoms with van der Waals surface area (Å²) >= 11 is 0. The van der Waals surface area contributed by atoms with Crippen LogP contribution in [0.1, 0.15) is 35.2 Å². The van der Waals surface area contributed by atoms with E-state index >= 15 is 0 Å². The standard InChI is InChI=1S/C29H33N3O4/c1-31(20-22-9-11-23(12-10-22)29(34)35)25-6-5-18-32(19-17-25)21-28(33)30-24-13-15-27(16-14-24)36-26-7-3-2-4-8-26/h2-4,7-16,25H,5-6,17-21H2,1H3,(H,30,33)(H,34,35). The van der Waals surface area contributed by atoms with Gasteiger partial charge in [0.2, 0.25) is 5.91 Å². The minimum Gasteiger partial charge on any atom is -0.478 e. The number of para-hydroxylation sites is 1. The number of anilines is 1. The number of nitrogens with zero attached hydrogens (tertiary/aromatic N) is 2. The molecule has 1 atom stereocenters. The highest BCUT2D eigenvalue weighted by Crippen LogP contribution is 2.23. The van der Waals surface area contributed by atoms with Crippen molar-refractivity contribution >= 4 is 17.6 Å². The molecular weight excluding hydrogens is 454 g/mol. The molecule has 1 unspecified atom stereocenters. The number of carbonyl (C=O) groups is 2. The van der Waals surface area contributed by atoms with Gasteiger partial charge < -0.3 is 15.2 Å². The average molecular weight is 488 g/mol. The van der Waals surface area contributed by atoms with Crippen molar-refractivity contribution in [2.45, 2.75) is 31.8 Å². The fourth-order valence-electron chi connectivity index (χ4n) is 4.54. The van der Waals surface area contributed by atoms with Crippen molar-refractivity contribution in [2.24, 2.45) is 0 Å². The molecule has 188 valence electrons. The van der Waals surface area contributed by atoms with Crippen molar-refractivity contribution in [1.82, 2.24) is 9.80 Å². The Kier molecular flexibility index (Phi) is 8.71. The highest BCUT2D eigenvalue weighted by molar-refractivity contribution is 5.92. The van der Waals surface area contributed by atoms with E-state index in [0.717, 1.165) is 61.6 Å². The molecule has 0 aliphatic carbocycles. The molecule has 0 spiro atoms. The number of carboxylic acids is 1. The second-order valence-electron chi connectivity index (χ2n) is 9.27. The molecule has 1 aliphatic heterocycles. The van der Waals surface area contributed by atoms with E-state index in [1.807, 2.05) is 66.7 Å². The fourth-order valence-corrected chi connectivity index (χ4v) is 4.54. The van der Waals surface area contributed by atoms with Crippen LogP contribution in [0.25, 0.3) is 0 Å². The number of carbonyl (C=O) groups excluding carboxylic acids is 1. The number of nitrogens with one attached hydrogen (secondary N) is 1. The summed E-state index contributed by atoms with van der Waals surface area (Å²) in [6, 6.07) is 24.5. The Morgan fingerprint density at radius 3 is 2.33 bits per heavy atom. The summed E-state index contributed by atoms with van der Waals surface area (Å²) in [6.45, 7) is 2.91. The summed E-state index contributed by atoms with van der Waals surface area (Å²) in [7, 11) is 2.11. The van der Waals surface area contributed by atoms with Crippen LogP contribution >= 0.6 is 0 Å². The van der Waals surface area contributed by atoms with Gasteiger partial charge >= 0.3 is 5.97 Å². The summed E-state index contributed by atoms with van der Waals surface area (Å²) in [5.41, 5.74) is 2.16. The van der Waals surface area contributed by atoms with Crippen LogP contribution in [0.5, 0.6) is 11.5 Å². The SMILES string of the molecule is CN(Cc1ccc(C(=O)O)cc1)C1CCCN(CC(=O)Nc2ccc(Oc3ccccc3)cc2)CC1. The van der Waals surface area contributed by atoms with E-state index in [1.165, 1.54) is 0 Å². The Morgan fingerprint density at radius 1 is 0.944 bits per heavy atom. The largest absolute Gasteiger partial charge is 0.478 e. The first-order chi connectivity index (χ1) is 17.5. The molecule has 4 rings (SSSR count). The fraction of sp³-hybridized carbons (Fsp3) is 0.310. The number of carboxylic acid groups (broad SMARTS) is 1. The molecule has 2 N–H and O–H groups in total. The molecule has 1 heterocycles. The van der Waals surface area contributed by atoms with E-state index in [0.29, 0.717) is 18.2 Å². The van der Waals surface area contributed by atoms with Crippen molar-refractivity contribution in [2.75, 3.05) is 32.0 Å². The molecule has 1 amide bonds. The van der Waals surface area contributed by atoms with Gasteiger partial charge in [0.05, 0.1) is 12.1 Å². The molecule has 0 saturated carbocycles. The third-order valence-corrected chi connectivity index (χ3v) is 6.53. The zero-order valence-corrected chi connectivity index (χ0v) is 20.6. The van der Waals surface area contributed by atoms with E-state index < -0.39 is 5.97 Å². The predicted molar refractivity (Wildman–Crippen MR) is 141 cm³/mol. The molecule has 1 aliphatic rings. The first-order valence-corrected chi connectivity index (χ1v) is 12.3. The van der Waals surface area contributed by atoms with E-state index in [9.17, 15) is 9.59 Å². The Labute approximate surface area is 212 Å². The number of hydrogen-bond acceptors (Lipinski definition) is 5. The van der Waals surface area contributed by atoms with E-state index in [2.05, 4.69) is 22.2 Å². The van der Waals surface area contributed by atoms with Crippen LogP contribution in [0.4, 0.5) is 5.69 Å². The van der Waals surface area contributed by atoms with Gasteiger partial charge in [0.15, 0.2) is 0 Å². The highest BCUT2D eigenvalue weighted by atomic mass is 16.5. The lowest BCUT2D eigenvalue weighted by Crippen LogP contribution is -2.35. The van der Waals surface area contributed by atoms with E-state index in [1.54, 1.807) is 12.1 Å². The lowest BCUT2D eigenvalue weighted by molar-refractivity contribution is -0.117. The molecule has 0 radical (unpaired) electrons. The second kappa shape index (κ2) is 12.3. The monoisotopic (exact) mass is 487 g/mol. The van der Waals surface area contributed by atoms with Crippen LogP contribution in [0.3, 0.4) is 0 Å². The van der Waals surface area contributed by atoms with Gasteiger partial charge in [-0.1, -0.05) is 30.3 Å². The zero-order chi connectivity index (χ0) is 25.3. The average Bonchev–Trinajstić information content (AvgIpc) is 3.12. The van der Waals surface area contributed by atoms with Crippen molar-refractivity contribution in [3.63, 3.8) is 0 Å². The third-order valence-electron chi connectivity index (χ3n) is 6.53. The van der Waals surface area contributed by atoms with Crippen molar-refractivity contribution in [3.05, 3.63) is 90.0 Å². The van der Waals surface area contributed by atoms with Gasteiger partial charge in [-0.05, 0) is 86.9 Å². The van der Waals surface area contributed by atoms with Crippen LogP contribution in [0.2, 0.25) is 0 Å². The summed E-state index contributed by atoms with van der Waals surface area (Å²) in [5.74, 6) is 0.573. The molecule has 36 heavy (non-hydrogen) atoms. The number of hydrogen-bond donors (Lipinski definition) is 2. The van der Waals surface area contributed by atoms with Gasteiger partial charge in [0, 0.05) is 24.8 Å². The van der Waals surface area contributed by atoms with E-state index in [-0.39, 0.29) is 5.91 Å². The summed E-state index contributed by atoms with van der Waals surface area (Å²) in [6.07, 6.45) is 3.10. The topological polar surface area (TPSA) is 82.1 Å². The predicted octanol–water partition coefficient (Wildman–Crippen LogP) is 5.10. The molecule has 0 bridgehead atoms. The van der Waals surface area contributed by atoms with Gasteiger partial charge in [0.1, 0.15) is 11.5 Å². The number of rotatable bonds is 9. The molecule has 7 heteroatoms. The van der Waals surface area contributed by atoms with Gasteiger partial charge in [0.25, 0.3) is 0 Å². The second-order valence-corrected chi connectivity index (χ2v) is 9.27. The van der Waals surface area contributed by atoms with Crippen LogP contribution < -0.4 is 10.1 Å². The van der Waals surface area contributed by atoms with E-state index in [4.69, 9.17) is 9.84 Å². The van der Waals surface area contributed by atoms with Crippen LogP contribution in [0, 0.1) is 0 Å². The Balaban J connectivity index is 1.22. The van der Waals surface area contributed by atoms with Crippen LogP contribution in [0.15, 0.2) is 78.9 Å². The molecule has 1 fully saturated rings. The summed E-state index contributed by atoms with van der Waals surface area (Å²) in [4.78, 5) is 28.3.